The van der Waals surface area contributed by atoms with E-state index in [1.807, 2.05) is 0 Å². The Hall–Kier alpha value is -0.870. The molecule has 2 aliphatic rings. The van der Waals surface area contributed by atoms with Gasteiger partial charge in [0.2, 0.25) is 10.0 Å². The molecule has 2 fully saturated rings. The molecular formula is C18H29IN4O2S. The summed E-state index contributed by atoms with van der Waals surface area (Å²) in [6, 6.07) is 6.73. The minimum Gasteiger partial charge on any atom is -0.357 e. The first-order valence-corrected chi connectivity index (χ1v) is 10.6. The minimum atomic E-state index is -3.62. The fourth-order valence-corrected chi connectivity index (χ4v) is 4.28. The third-order valence-electron chi connectivity index (χ3n) is 5.40. The summed E-state index contributed by atoms with van der Waals surface area (Å²) >= 11 is 0. The van der Waals surface area contributed by atoms with Crippen LogP contribution >= 0.6 is 24.0 Å². The summed E-state index contributed by atoms with van der Waals surface area (Å²) in [6.07, 6.45) is 6.15. The molecule has 1 spiro atoms. The lowest BCUT2D eigenvalue weighted by Gasteiger charge is -2.38. The van der Waals surface area contributed by atoms with Crippen molar-refractivity contribution in [2.75, 3.05) is 26.2 Å². The SMILES string of the molecule is CCNC(=NCCc1ccc(S(N)(=O)=O)cc1)N1CCC2(CCC2)C1.I. The average molecular weight is 492 g/mol. The Balaban J connectivity index is 0.00000243. The number of nitrogens with zero attached hydrogens (tertiary/aromatic N) is 2. The van der Waals surface area contributed by atoms with E-state index in [4.69, 9.17) is 10.1 Å². The fourth-order valence-electron chi connectivity index (χ4n) is 3.76. The molecule has 0 aromatic heterocycles. The summed E-state index contributed by atoms with van der Waals surface area (Å²) in [6.45, 7) is 5.86. The van der Waals surface area contributed by atoms with Gasteiger partial charge in [-0.15, -0.1) is 24.0 Å². The molecule has 3 N–H and O–H groups in total. The molecule has 0 bridgehead atoms. The van der Waals surface area contributed by atoms with Crippen LogP contribution in [0, 0.1) is 5.41 Å². The lowest BCUT2D eigenvalue weighted by Crippen LogP contribution is -2.42. The average Bonchev–Trinajstić information content (AvgIpc) is 2.99. The van der Waals surface area contributed by atoms with Crippen LogP contribution in [0.3, 0.4) is 0 Å². The number of benzene rings is 1. The van der Waals surface area contributed by atoms with E-state index in [2.05, 4.69) is 17.1 Å². The van der Waals surface area contributed by atoms with E-state index in [1.165, 1.54) is 25.7 Å². The number of nitrogens with one attached hydrogen (secondary N) is 1. The van der Waals surface area contributed by atoms with E-state index in [0.29, 0.717) is 12.0 Å². The maximum absolute atomic E-state index is 11.3. The van der Waals surface area contributed by atoms with E-state index in [1.54, 1.807) is 24.3 Å². The van der Waals surface area contributed by atoms with E-state index in [9.17, 15) is 8.42 Å². The molecule has 6 nitrogen and oxygen atoms in total. The highest BCUT2D eigenvalue weighted by Crippen LogP contribution is 2.47. The quantitative estimate of drug-likeness (QED) is 0.375. The van der Waals surface area contributed by atoms with Crippen molar-refractivity contribution < 1.29 is 8.42 Å². The van der Waals surface area contributed by atoms with Gasteiger partial charge < -0.3 is 10.2 Å². The number of aliphatic imine (C=N–C) groups is 1. The second-order valence-corrected chi connectivity index (χ2v) is 8.76. The van der Waals surface area contributed by atoms with Crippen LogP contribution in [-0.4, -0.2) is 45.5 Å². The Kier molecular flexibility index (Phi) is 7.32. The van der Waals surface area contributed by atoms with Crippen molar-refractivity contribution in [3.63, 3.8) is 0 Å². The van der Waals surface area contributed by atoms with Crippen molar-refractivity contribution >= 4 is 40.0 Å². The number of sulfonamides is 1. The summed E-state index contributed by atoms with van der Waals surface area (Å²) in [5.41, 5.74) is 1.61. The second-order valence-electron chi connectivity index (χ2n) is 7.20. The standard InChI is InChI=1S/C18H28N4O2S.HI/c1-2-20-17(22-13-11-18(14-22)9-3-10-18)21-12-8-15-4-6-16(7-5-15)25(19,23)24;/h4-7H,2-3,8-14H2,1H3,(H,20,21)(H2,19,23,24);1H. The van der Waals surface area contributed by atoms with Crippen LogP contribution < -0.4 is 10.5 Å². The highest BCUT2D eigenvalue weighted by molar-refractivity contribution is 14.0. The van der Waals surface area contributed by atoms with Gasteiger partial charge in [0.05, 0.1) is 4.90 Å². The van der Waals surface area contributed by atoms with Gasteiger partial charge in [0.15, 0.2) is 5.96 Å². The molecule has 1 aromatic rings. The molecule has 146 valence electrons. The molecule has 0 atom stereocenters. The number of primary sulfonamides is 1. The molecule has 8 heteroatoms. The largest absolute Gasteiger partial charge is 0.357 e. The molecule has 0 radical (unpaired) electrons. The topological polar surface area (TPSA) is 87.8 Å². The van der Waals surface area contributed by atoms with E-state index >= 15 is 0 Å². The molecule has 0 unspecified atom stereocenters. The first kappa shape index (κ1) is 21.4. The van der Waals surface area contributed by atoms with E-state index in [-0.39, 0.29) is 28.9 Å². The number of guanidine groups is 1. The van der Waals surface area contributed by atoms with Crippen molar-refractivity contribution in [1.29, 1.82) is 0 Å². The van der Waals surface area contributed by atoms with E-state index < -0.39 is 10.0 Å². The number of rotatable bonds is 5. The highest BCUT2D eigenvalue weighted by Gasteiger charge is 2.43. The molecular weight excluding hydrogens is 463 g/mol. The Labute approximate surface area is 173 Å². The van der Waals surface area contributed by atoms with Gasteiger partial charge in [-0.3, -0.25) is 4.99 Å². The molecule has 0 amide bonds. The van der Waals surface area contributed by atoms with Gasteiger partial charge in [-0.2, -0.15) is 0 Å². The van der Waals surface area contributed by atoms with Crippen LogP contribution in [0.2, 0.25) is 0 Å². The zero-order valence-electron chi connectivity index (χ0n) is 15.3. The number of hydrogen-bond acceptors (Lipinski definition) is 3. The van der Waals surface area contributed by atoms with Crippen molar-refractivity contribution in [2.45, 2.75) is 43.9 Å². The van der Waals surface area contributed by atoms with Gasteiger partial charge in [-0.1, -0.05) is 18.6 Å². The maximum atomic E-state index is 11.3. The molecule has 3 rings (SSSR count). The Morgan fingerprint density at radius 2 is 1.96 bits per heavy atom. The minimum absolute atomic E-state index is 0. The molecule has 1 saturated heterocycles. The van der Waals surface area contributed by atoms with Crippen LogP contribution in [0.5, 0.6) is 0 Å². The molecule has 1 aliphatic carbocycles. The van der Waals surface area contributed by atoms with Gasteiger partial charge in [-0.05, 0) is 55.7 Å². The number of halogens is 1. The van der Waals surface area contributed by atoms with Gasteiger partial charge in [0.25, 0.3) is 0 Å². The smallest absolute Gasteiger partial charge is 0.238 e. The Bertz CT molecular complexity index is 730. The predicted molar refractivity (Wildman–Crippen MR) is 115 cm³/mol. The zero-order chi connectivity index (χ0) is 17.9. The van der Waals surface area contributed by atoms with Gasteiger partial charge in [0.1, 0.15) is 0 Å². The van der Waals surface area contributed by atoms with Gasteiger partial charge in [-0.25, -0.2) is 13.6 Å². The van der Waals surface area contributed by atoms with E-state index in [0.717, 1.165) is 37.6 Å². The number of likely N-dealkylation sites (tertiary alicyclic amines) is 1. The molecule has 1 heterocycles. The summed E-state index contributed by atoms with van der Waals surface area (Å²) in [4.78, 5) is 7.32. The Morgan fingerprint density at radius 1 is 1.27 bits per heavy atom. The number of nitrogens with two attached hydrogens (primary N) is 1. The van der Waals surface area contributed by atoms with Crippen LogP contribution in [0.25, 0.3) is 0 Å². The van der Waals surface area contributed by atoms with Crippen molar-refractivity contribution in [2.24, 2.45) is 15.5 Å². The first-order chi connectivity index (χ1) is 11.9. The van der Waals surface area contributed by atoms with Crippen LogP contribution in [0.15, 0.2) is 34.2 Å². The van der Waals surface area contributed by atoms with Gasteiger partial charge in [0, 0.05) is 26.2 Å². The highest BCUT2D eigenvalue weighted by atomic mass is 127. The lowest BCUT2D eigenvalue weighted by molar-refractivity contribution is 0.151. The predicted octanol–water partition coefficient (Wildman–Crippen LogP) is 2.34. The van der Waals surface area contributed by atoms with Crippen LogP contribution in [-0.2, 0) is 16.4 Å². The molecule has 1 aliphatic heterocycles. The zero-order valence-corrected chi connectivity index (χ0v) is 18.4. The fraction of sp³-hybridized carbons (Fsp3) is 0.611. The maximum Gasteiger partial charge on any atom is 0.238 e. The summed E-state index contributed by atoms with van der Waals surface area (Å²) in [7, 11) is -3.62. The Morgan fingerprint density at radius 3 is 2.46 bits per heavy atom. The molecule has 26 heavy (non-hydrogen) atoms. The monoisotopic (exact) mass is 492 g/mol. The first-order valence-electron chi connectivity index (χ1n) is 9.07. The third-order valence-corrected chi connectivity index (χ3v) is 6.33. The number of hydrogen-bond donors (Lipinski definition) is 2. The normalized spacial score (nSPS) is 19.2. The lowest BCUT2D eigenvalue weighted by atomic mass is 9.68. The van der Waals surface area contributed by atoms with Gasteiger partial charge >= 0.3 is 0 Å². The van der Waals surface area contributed by atoms with Crippen molar-refractivity contribution in [3.05, 3.63) is 29.8 Å². The summed E-state index contributed by atoms with van der Waals surface area (Å²) in [5, 5.41) is 8.53. The van der Waals surface area contributed by atoms with Crippen molar-refractivity contribution in [1.82, 2.24) is 10.2 Å². The van der Waals surface area contributed by atoms with Crippen LogP contribution in [0.1, 0.15) is 38.2 Å². The second kappa shape index (κ2) is 8.88. The van der Waals surface area contributed by atoms with Crippen molar-refractivity contribution in [3.8, 4) is 0 Å². The molecule has 1 saturated carbocycles. The summed E-state index contributed by atoms with van der Waals surface area (Å²) in [5.74, 6) is 1.01. The molecule has 1 aromatic carbocycles. The summed E-state index contributed by atoms with van der Waals surface area (Å²) < 4.78 is 22.6. The third kappa shape index (κ3) is 5.10. The van der Waals surface area contributed by atoms with Crippen LogP contribution in [0.4, 0.5) is 0 Å².